The summed E-state index contributed by atoms with van der Waals surface area (Å²) in [6, 6.07) is 18.6. The molecule has 0 aromatic heterocycles. The minimum atomic E-state index is -0.564. The van der Waals surface area contributed by atoms with Gasteiger partial charge in [0.2, 0.25) is 0 Å². The fourth-order valence-electron chi connectivity index (χ4n) is 3.25. The van der Waals surface area contributed by atoms with Crippen LogP contribution in [0.15, 0.2) is 66.7 Å². The average molecular weight is 406 g/mol. The lowest BCUT2D eigenvalue weighted by molar-refractivity contribution is 0.0472. The van der Waals surface area contributed by atoms with Crippen molar-refractivity contribution in [1.29, 1.82) is 0 Å². The third kappa shape index (κ3) is 3.52. The number of amides is 2. The predicted octanol–water partition coefficient (Wildman–Crippen LogP) is 4.81. The molecular formula is C23H16ClNO4. The predicted molar refractivity (Wildman–Crippen MR) is 109 cm³/mol. The first-order valence-electron chi connectivity index (χ1n) is 8.96. The van der Waals surface area contributed by atoms with Crippen molar-refractivity contribution in [1.82, 2.24) is 0 Å². The number of halogens is 1. The molecule has 0 unspecified atom stereocenters. The summed E-state index contributed by atoms with van der Waals surface area (Å²) in [6.07, 6.45) is 0. The Morgan fingerprint density at radius 3 is 2.45 bits per heavy atom. The van der Waals surface area contributed by atoms with Crippen molar-refractivity contribution in [3.05, 3.63) is 99.6 Å². The van der Waals surface area contributed by atoms with Gasteiger partial charge in [-0.3, -0.25) is 9.59 Å². The van der Waals surface area contributed by atoms with Crippen molar-refractivity contribution in [3.8, 4) is 0 Å². The number of benzene rings is 3. The van der Waals surface area contributed by atoms with E-state index in [0.29, 0.717) is 10.7 Å². The molecule has 0 N–H and O–H groups in total. The van der Waals surface area contributed by atoms with Crippen molar-refractivity contribution in [2.24, 2.45) is 0 Å². The van der Waals surface area contributed by atoms with E-state index in [1.165, 1.54) is 18.2 Å². The van der Waals surface area contributed by atoms with Crippen LogP contribution in [0.5, 0.6) is 0 Å². The largest absolute Gasteiger partial charge is 0.457 e. The zero-order valence-electron chi connectivity index (χ0n) is 15.5. The Morgan fingerprint density at radius 1 is 0.931 bits per heavy atom. The Bertz CT molecular complexity index is 1160. The summed E-state index contributed by atoms with van der Waals surface area (Å²) in [5.74, 6) is -1.56. The van der Waals surface area contributed by atoms with Gasteiger partial charge in [0.25, 0.3) is 11.8 Å². The standard InChI is InChI=1S/C23H16ClNO4/c1-14-5-4-6-15(11-14)13-29-23(28)16-9-10-17-18(12-16)22(27)25(21(17)26)20-8-3-2-7-19(20)24/h2-12H,13H2,1H3. The summed E-state index contributed by atoms with van der Waals surface area (Å²) < 4.78 is 5.35. The first kappa shape index (κ1) is 18.9. The van der Waals surface area contributed by atoms with Gasteiger partial charge in [0.1, 0.15) is 6.61 Å². The van der Waals surface area contributed by atoms with Crippen LogP contribution in [-0.2, 0) is 11.3 Å². The summed E-state index contributed by atoms with van der Waals surface area (Å²) in [7, 11) is 0. The number of aryl methyl sites for hydroxylation is 1. The Hall–Kier alpha value is -3.44. The number of hydrogen-bond acceptors (Lipinski definition) is 4. The van der Waals surface area contributed by atoms with E-state index in [0.717, 1.165) is 16.0 Å². The Kier molecular flexibility index (Phi) is 4.91. The molecule has 3 aromatic carbocycles. The number of hydrogen-bond donors (Lipinski definition) is 0. The molecule has 5 nitrogen and oxygen atoms in total. The van der Waals surface area contributed by atoms with Crippen LogP contribution >= 0.6 is 11.6 Å². The molecule has 144 valence electrons. The minimum absolute atomic E-state index is 0.121. The molecule has 0 atom stereocenters. The molecule has 6 heteroatoms. The van der Waals surface area contributed by atoms with Gasteiger partial charge in [0, 0.05) is 0 Å². The smallest absolute Gasteiger partial charge is 0.338 e. The number of carbonyl (C=O) groups is 3. The molecule has 2 amide bonds. The monoisotopic (exact) mass is 405 g/mol. The van der Waals surface area contributed by atoms with Crippen LogP contribution in [0.2, 0.25) is 5.02 Å². The topological polar surface area (TPSA) is 63.7 Å². The van der Waals surface area contributed by atoms with E-state index < -0.39 is 17.8 Å². The second kappa shape index (κ2) is 7.53. The van der Waals surface area contributed by atoms with Gasteiger partial charge in [-0.2, -0.15) is 0 Å². The quantitative estimate of drug-likeness (QED) is 0.461. The summed E-state index contributed by atoms with van der Waals surface area (Å²) in [4.78, 5) is 39.0. The van der Waals surface area contributed by atoms with E-state index in [9.17, 15) is 14.4 Å². The summed E-state index contributed by atoms with van der Waals surface area (Å²) in [5, 5.41) is 0.291. The summed E-state index contributed by atoms with van der Waals surface area (Å²) in [6.45, 7) is 2.08. The second-order valence-corrected chi connectivity index (χ2v) is 7.13. The van der Waals surface area contributed by atoms with Gasteiger partial charge in [-0.1, -0.05) is 53.6 Å². The molecule has 3 aromatic rings. The number of imide groups is 1. The van der Waals surface area contributed by atoms with Crippen molar-refractivity contribution in [2.75, 3.05) is 4.90 Å². The first-order valence-corrected chi connectivity index (χ1v) is 9.33. The minimum Gasteiger partial charge on any atom is -0.457 e. The molecule has 0 aliphatic carbocycles. The number of carbonyl (C=O) groups excluding carboxylic acids is 3. The van der Waals surface area contributed by atoms with Crippen LogP contribution in [0.1, 0.15) is 42.2 Å². The number of nitrogens with zero attached hydrogens (tertiary/aromatic N) is 1. The number of fused-ring (bicyclic) bond motifs is 1. The number of rotatable bonds is 4. The lowest BCUT2D eigenvalue weighted by Crippen LogP contribution is -2.29. The van der Waals surface area contributed by atoms with Crippen molar-refractivity contribution >= 4 is 35.1 Å². The van der Waals surface area contributed by atoms with E-state index >= 15 is 0 Å². The van der Waals surface area contributed by atoms with Crippen LogP contribution < -0.4 is 4.90 Å². The molecule has 0 bridgehead atoms. The number of anilines is 1. The van der Waals surface area contributed by atoms with E-state index in [4.69, 9.17) is 16.3 Å². The Balaban J connectivity index is 1.57. The first-order chi connectivity index (χ1) is 14.0. The lowest BCUT2D eigenvalue weighted by atomic mass is 10.1. The van der Waals surface area contributed by atoms with Gasteiger partial charge in [-0.05, 0) is 42.8 Å². The van der Waals surface area contributed by atoms with E-state index in [-0.39, 0.29) is 23.3 Å². The third-order valence-corrected chi connectivity index (χ3v) is 4.99. The molecule has 0 fully saturated rings. The van der Waals surface area contributed by atoms with Crippen LogP contribution in [0, 0.1) is 6.92 Å². The highest BCUT2D eigenvalue weighted by Crippen LogP contribution is 2.33. The van der Waals surface area contributed by atoms with Crippen molar-refractivity contribution in [2.45, 2.75) is 13.5 Å². The fourth-order valence-corrected chi connectivity index (χ4v) is 3.47. The van der Waals surface area contributed by atoms with Gasteiger partial charge in [-0.15, -0.1) is 0 Å². The Morgan fingerprint density at radius 2 is 1.69 bits per heavy atom. The van der Waals surface area contributed by atoms with Crippen molar-refractivity contribution in [3.63, 3.8) is 0 Å². The molecule has 0 spiro atoms. The average Bonchev–Trinajstić information content (AvgIpc) is 2.96. The molecular weight excluding hydrogens is 390 g/mol. The number of ether oxygens (including phenoxy) is 1. The van der Waals surface area contributed by atoms with Crippen LogP contribution in [0.25, 0.3) is 0 Å². The zero-order valence-corrected chi connectivity index (χ0v) is 16.3. The highest BCUT2D eigenvalue weighted by atomic mass is 35.5. The Labute approximate surface area is 172 Å². The number of esters is 1. The summed E-state index contributed by atoms with van der Waals surface area (Å²) >= 11 is 6.15. The number of para-hydroxylation sites is 1. The van der Waals surface area contributed by atoms with E-state index in [1.807, 2.05) is 31.2 Å². The molecule has 0 saturated heterocycles. The lowest BCUT2D eigenvalue weighted by Gasteiger charge is -2.15. The highest BCUT2D eigenvalue weighted by molar-refractivity contribution is 6.39. The van der Waals surface area contributed by atoms with E-state index in [1.54, 1.807) is 24.3 Å². The van der Waals surface area contributed by atoms with Gasteiger partial charge in [0.05, 0.1) is 27.4 Å². The maximum atomic E-state index is 12.8. The molecule has 1 aliphatic heterocycles. The molecule has 4 rings (SSSR count). The summed E-state index contributed by atoms with van der Waals surface area (Å²) in [5.41, 5.74) is 2.84. The molecule has 0 radical (unpaired) electrons. The van der Waals surface area contributed by atoms with Crippen LogP contribution in [0.4, 0.5) is 5.69 Å². The van der Waals surface area contributed by atoms with Crippen LogP contribution in [0.3, 0.4) is 0 Å². The highest BCUT2D eigenvalue weighted by Gasteiger charge is 2.38. The van der Waals surface area contributed by atoms with Gasteiger partial charge in [0.15, 0.2) is 0 Å². The third-order valence-electron chi connectivity index (χ3n) is 4.67. The molecule has 1 heterocycles. The van der Waals surface area contributed by atoms with Crippen molar-refractivity contribution < 1.29 is 19.1 Å². The van der Waals surface area contributed by atoms with Gasteiger partial charge in [-0.25, -0.2) is 9.69 Å². The van der Waals surface area contributed by atoms with Gasteiger partial charge >= 0.3 is 5.97 Å². The molecule has 29 heavy (non-hydrogen) atoms. The molecule has 1 aliphatic rings. The maximum absolute atomic E-state index is 12.8. The van der Waals surface area contributed by atoms with Gasteiger partial charge < -0.3 is 4.74 Å². The normalized spacial score (nSPS) is 12.8. The van der Waals surface area contributed by atoms with E-state index in [2.05, 4.69) is 0 Å². The second-order valence-electron chi connectivity index (χ2n) is 6.72. The zero-order chi connectivity index (χ0) is 20.5. The SMILES string of the molecule is Cc1cccc(COC(=O)c2ccc3c(c2)C(=O)N(c2ccccc2Cl)C3=O)c1. The van der Waals surface area contributed by atoms with Crippen LogP contribution in [-0.4, -0.2) is 17.8 Å². The maximum Gasteiger partial charge on any atom is 0.338 e. The fraction of sp³-hybridized carbons (Fsp3) is 0.0870. The molecule has 0 saturated carbocycles.